The molecule has 29 heavy (non-hydrogen) atoms. The molecule has 4 nitrogen and oxygen atoms in total. The quantitative estimate of drug-likeness (QED) is 0.358. The highest BCUT2D eigenvalue weighted by molar-refractivity contribution is 5.86. The smallest absolute Gasteiger partial charge is 0.332 e. The van der Waals surface area contributed by atoms with Crippen LogP contribution in [0.15, 0.2) is 98.8 Å². The zero-order valence-electron chi connectivity index (χ0n) is 17.5. The van der Waals surface area contributed by atoms with Crippen LogP contribution >= 0.6 is 0 Å². The topological polar surface area (TPSA) is 52.6 Å². The van der Waals surface area contributed by atoms with E-state index < -0.39 is 0 Å². The molecule has 0 aliphatic rings. The summed E-state index contributed by atoms with van der Waals surface area (Å²) in [5, 5.41) is 0. The first-order valence-electron chi connectivity index (χ1n) is 8.69. The Balaban J connectivity index is 0. The van der Waals surface area contributed by atoms with Gasteiger partial charge in [0.25, 0.3) is 0 Å². The molecule has 2 rings (SSSR count). The molecule has 2 aromatic rings. The van der Waals surface area contributed by atoms with Crippen molar-refractivity contribution in [3.63, 3.8) is 0 Å². The predicted octanol–water partition coefficient (Wildman–Crippen LogP) is 6.09. The molecule has 0 fully saturated rings. The van der Waals surface area contributed by atoms with Crippen molar-refractivity contribution in [2.75, 3.05) is 7.11 Å². The van der Waals surface area contributed by atoms with E-state index in [1.165, 1.54) is 25.2 Å². The summed E-state index contributed by atoms with van der Waals surface area (Å²) in [7, 11) is 1.33. The lowest BCUT2D eigenvalue weighted by atomic mass is 10.2. The molecule has 0 bridgehead atoms. The minimum Gasteiger partial charge on any atom is -0.466 e. The minimum absolute atomic E-state index is 0.329. The van der Waals surface area contributed by atoms with Gasteiger partial charge >= 0.3 is 11.9 Å². The van der Waals surface area contributed by atoms with Crippen LogP contribution in [0.5, 0.6) is 0 Å². The fraction of sp³-hybridized carbons (Fsp3) is 0.120. The van der Waals surface area contributed by atoms with Crippen molar-refractivity contribution in [3.8, 4) is 0 Å². The van der Waals surface area contributed by atoms with E-state index in [-0.39, 0.29) is 11.9 Å². The molecule has 0 spiro atoms. The van der Waals surface area contributed by atoms with Gasteiger partial charge in [-0.1, -0.05) is 99.1 Å². The average molecular weight is 395 g/mol. The Kier molecular flexibility index (Phi) is 18.2. The number of hydrogen-bond donors (Lipinski definition) is 0. The maximum absolute atomic E-state index is 10.2. The molecule has 0 atom stereocenters. The Morgan fingerprint density at radius 2 is 1.17 bits per heavy atom. The zero-order valence-corrected chi connectivity index (χ0v) is 17.5. The van der Waals surface area contributed by atoms with Crippen LogP contribution in [0.25, 0.3) is 12.2 Å². The van der Waals surface area contributed by atoms with Gasteiger partial charge in [-0.25, -0.2) is 4.79 Å². The van der Waals surface area contributed by atoms with Gasteiger partial charge in [0.15, 0.2) is 0 Å². The molecule has 0 N–H and O–H groups in total. The Labute approximate surface area is 174 Å². The zero-order chi connectivity index (χ0) is 22.5. The second-order valence-electron chi connectivity index (χ2n) is 5.28. The number of rotatable bonds is 4. The van der Waals surface area contributed by atoms with Crippen LogP contribution in [0.4, 0.5) is 0 Å². The second kappa shape index (κ2) is 19.1. The largest absolute Gasteiger partial charge is 0.466 e. The molecular weight excluding hydrogens is 364 g/mol. The van der Waals surface area contributed by atoms with E-state index in [1.807, 2.05) is 72.8 Å². The molecule has 4 heteroatoms. The van der Waals surface area contributed by atoms with Crippen molar-refractivity contribution in [2.45, 2.75) is 13.8 Å². The summed E-state index contributed by atoms with van der Waals surface area (Å²) >= 11 is 0. The van der Waals surface area contributed by atoms with Gasteiger partial charge in [-0.2, -0.15) is 0 Å². The Morgan fingerprint density at radius 1 is 0.793 bits per heavy atom. The normalized spacial score (nSPS) is 7.97. The maximum Gasteiger partial charge on any atom is 0.332 e. The van der Waals surface area contributed by atoms with E-state index in [0.29, 0.717) is 5.57 Å². The maximum atomic E-state index is 10.2. The average Bonchev–Trinajstić information content (AvgIpc) is 2.75. The van der Waals surface area contributed by atoms with Gasteiger partial charge in [0.2, 0.25) is 0 Å². The van der Waals surface area contributed by atoms with Gasteiger partial charge in [0, 0.05) is 12.5 Å². The summed E-state index contributed by atoms with van der Waals surface area (Å²) in [5.74, 6) is -0.676. The van der Waals surface area contributed by atoms with Crippen molar-refractivity contribution in [2.24, 2.45) is 0 Å². The molecule has 0 amide bonds. The van der Waals surface area contributed by atoms with E-state index in [9.17, 15) is 9.59 Å². The molecule has 0 aliphatic carbocycles. The number of benzene rings is 2. The summed E-state index contributed by atoms with van der Waals surface area (Å²) in [4.78, 5) is 19.9. The highest BCUT2D eigenvalue weighted by atomic mass is 16.5. The van der Waals surface area contributed by atoms with Gasteiger partial charge in [-0.05, 0) is 18.1 Å². The van der Waals surface area contributed by atoms with Crippen molar-refractivity contribution in [3.05, 3.63) is 110 Å². The lowest BCUT2D eigenvalue weighted by Gasteiger charge is -1.91. The van der Waals surface area contributed by atoms with Crippen molar-refractivity contribution in [1.29, 1.82) is 0 Å². The summed E-state index contributed by atoms with van der Waals surface area (Å²) in [6.07, 6.45) is 4.77. The first kappa shape index (κ1) is 27.6. The van der Waals surface area contributed by atoms with Gasteiger partial charge in [-0.15, -0.1) is 0 Å². The van der Waals surface area contributed by atoms with Crippen LogP contribution in [0.1, 0.15) is 25.0 Å². The number of methoxy groups -OCH3 is 1. The van der Waals surface area contributed by atoms with Crippen molar-refractivity contribution in [1.82, 2.24) is 0 Å². The van der Waals surface area contributed by atoms with Crippen LogP contribution in [0.2, 0.25) is 0 Å². The Bertz CT molecular complexity index is 703. The third kappa shape index (κ3) is 18.9. The van der Waals surface area contributed by atoms with Gasteiger partial charge in [-0.3, -0.25) is 4.79 Å². The van der Waals surface area contributed by atoms with Gasteiger partial charge in [0.05, 0.1) is 13.4 Å². The van der Waals surface area contributed by atoms with E-state index in [4.69, 9.17) is 0 Å². The molecule has 0 unspecified atom stereocenters. The Morgan fingerprint density at radius 3 is 1.28 bits per heavy atom. The monoisotopic (exact) mass is 394 g/mol. The second-order valence-corrected chi connectivity index (χ2v) is 5.28. The van der Waals surface area contributed by atoms with Crippen LogP contribution in [0, 0.1) is 0 Å². The van der Waals surface area contributed by atoms with E-state index in [1.54, 1.807) is 6.92 Å². The van der Waals surface area contributed by atoms with E-state index in [0.717, 1.165) is 6.26 Å². The van der Waals surface area contributed by atoms with Crippen molar-refractivity contribution >= 4 is 24.1 Å². The number of carbonyl (C=O) groups is 2. The van der Waals surface area contributed by atoms with Crippen LogP contribution in [0.3, 0.4) is 0 Å². The molecule has 2 aromatic carbocycles. The molecule has 0 saturated carbocycles. The lowest BCUT2D eigenvalue weighted by molar-refractivity contribution is -0.136. The fourth-order valence-corrected chi connectivity index (χ4v) is 1.47. The molecular formula is C25H30O4. The van der Waals surface area contributed by atoms with Crippen LogP contribution in [-0.4, -0.2) is 19.0 Å². The number of esters is 2. The number of carbonyl (C=O) groups excluding carboxylic acids is 2. The standard InChI is InChI=1S/2C8H8.C5H8O2.C4H6O2/c2*1-2-8-6-4-3-5-7-8;1-4(2)5(6)7-3;1-3-6-4(2)5/h2*2-7H,1H2;1H2,2-3H3;3H,1H2,2H3. The van der Waals surface area contributed by atoms with Gasteiger partial charge in [0.1, 0.15) is 0 Å². The number of ether oxygens (including phenoxy) is 2. The predicted molar refractivity (Wildman–Crippen MR) is 122 cm³/mol. The Hall–Kier alpha value is -3.66. The highest BCUT2D eigenvalue weighted by Gasteiger charge is 1.95. The summed E-state index contributed by atoms with van der Waals surface area (Å²) in [6, 6.07) is 20.1. The molecule has 0 heterocycles. The molecule has 0 saturated heterocycles. The van der Waals surface area contributed by atoms with Crippen LogP contribution < -0.4 is 0 Å². The molecule has 0 aliphatic heterocycles. The van der Waals surface area contributed by atoms with Crippen molar-refractivity contribution < 1.29 is 19.1 Å². The summed E-state index contributed by atoms with van der Waals surface area (Å²) in [6.45, 7) is 16.7. The highest BCUT2D eigenvalue weighted by Crippen LogP contribution is 1.98. The third-order valence-electron chi connectivity index (χ3n) is 2.85. The molecule has 0 aromatic heterocycles. The molecule has 154 valence electrons. The van der Waals surface area contributed by atoms with E-state index >= 15 is 0 Å². The van der Waals surface area contributed by atoms with Crippen LogP contribution in [-0.2, 0) is 19.1 Å². The fourth-order valence-electron chi connectivity index (χ4n) is 1.47. The lowest BCUT2D eigenvalue weighted by Crippen LogP contribution is -1.98. The summed E-state index contributed by atoms with van der Waals surface area (Å²) < 4.78 is 8.44. The molecule has 0 radical (unpaired) electrons. The minimum atomic E-state index is -0.347. The third-order valence-corrected chi connectivity index (χ3v) is 2.85. The summed E-state index contributed by atoms with van der Waals surface area (Å²) in [5.41, 5.74) is 2.78. The van der Waals surface area contributed by atoms with Gasteiger partial charge < -0.3 is 9.47 Å². The first-order valence-corrected chi connectivity index (χ1v) is 8.69. The number of hydrogen-bond acceptors (Lipinski definition) is 4. The first-order chi connectivity index (χ1) is 13.8. The SMILES string of the molecule is C=C(C)C(=O)OC.C=COC(C)=O.C=Cc1ccccc1.C=Cc1ccccc1. The van der Waals surface area contributed by atoms with E-state index in [2.05, 4.69) is 35.8 Å².